The Balaban J connectivity index is 2.51. The van der Waals surface area contributed by atoms with Crippen molar-refractivity contribution in [3.05, 3.63) is 0 Å². The molecule has 0 amide bonds. The molecule has 1 rings (SSSR count). The Morgan fingerprint density at radius 1 is 1.64 bits per heavy atom. The zero-order valence-electron chi connectivity index (χ0n) is 7.26. The summed E-state index contributed by atoms with van der Waals surface area (Å²) in [5.41, 5.74) is 0.00347. The van der Waals surface area contributed by atoms with Gasteiger partial charge in [-0.25, -0.2) is 0 Å². The van der Waals surface area contributed by atoms with Gasteiger partial charge in [0, 0.05) is 6.04 Å². The monoisotopic (exact) mass is 159 g/mol. The predicted octanol–water partition coefficient (Wildman–Crippen LogP) is -0.00670. The van der Waals surface area contributed by atoms with E-state index in [0.717, 1.165) is 6.42 Å². The predicted molar refractivity (Wildman–Crippen MR) is 43.5 cm³/mol. The summed E-state index contributed by atoms with van der Waals surface area (Å²) < 4.78 is 5.11. The molecular weight excluding hydrogens is 142 g/mol. The average molecular weight is 159 g/mol. The highest BCUT2D eigenvalue weighted by Gasteiger charge is 2.43. The molecule has 0 saturated carbocycles. The lowest BCUT2D eigenvalue weighted by atomic mass is 9.78. The second kappa shape index (κ2) is 3.52. The van der Waals surface area contributed by atoms with E-state index in [9.17, 15) is 0 Å². The topological polar surface area (TPSA) is 41.5 Å². The molecule has 1 saturated heterocycles. The van der Waals surface area contributed by atoms with Gasteiger partial charge in [0.05, 0.1) is 25.2 Å². The maximum atomic E-state index is 9.15. The molecule has 1 fully saturated rings. The number of nitrogens with one attached hydrogen (secondary N) is 1. The van der Waals surface area contributed by atoms with Crippen LogP contribution in [0.5, 0.6) is 0 Å². The molecule has 0 aliphatic carbocycles. The number of aliphatic hydroxyl groups is 1. The lowest BCUT2D eigenvalue weighted by Gasteiger charge is -2.45. The lowest BCUT2D eigenvalue weighted by Crippen LogP contribution is -2.58. The molecule has 11 heavy (non-hydrogen) atoms. The van der Waals surface area contributed by atoms with Crippen molar-refractivity contribution in [1.82, 2.24) is 5.32 Å². The molecule has 2 N–H and O–H groups in total. The van der Waals surface area contributed by atoms with Crippen LogP contribution in [0, 0.1) is 5.41 Å². The Kier molecular flexibility index (Phi) is 2.87. The summed E-state index contributed by atoms with van der Waals surface area (Å²) in [6.07, 6.45) is 1.04. The van der Waals surface area contributed by atoms with Crippen LogP contribution in [0.1, 0.15) is 13.3 Å². The third kappa shape index (κ3) is 1.41. The van der Waals surface area contributed by atoms with Crippen LogP contribution in [0.3, 0.4) is 0 Å². The molecule has 0 aromatic carbocycles. The molecule has 1 unspecified atom stereocenters. The summed E-state index contributed by atoms with van der Waals surface area (Å²) >= 11 is 0. The van der Waals surface area contributed by atoms with Gasteiger partial charge in [0.15, 0.2) is 0 Å². The normalized spacial score (nSPS) is 24.3. The fraction of sp³-hybridized carbons (Fsp3) is 1.00. The van der Waals surface area contributed by atoms with Crippen molar-refractivity contribution in [1.29, 1.82) is 0 Å². The van der Waals surface area contributed by atoms with Gasteiger partial charge in [-0.3, -0.25) is 0 Å². The molecule has 3 heteroatoms. The van der Waals surface area contributed by atoms with E-state index in [1.54, 1.807) is 0 Å². The number of hydrogen-bond acceptors (Lipinski definition) is 3. The second-order valence-corrected chi connectivity index (χ2v) is 3.26. The lowest BCUT2D eigenvalue weighted by molar-refractivity contribution is -0.154. The smallest absolute Gasteiger partial charge is 0.0582 e. The Hall–Kier alpha value is -0.120. The van der Waals surface area contributed by atoms with Crippen LogP contribution in [0.4, 0.5) is 0 Å². The first-order chi connectivity index (χ1) is 5.29. The molecule has 3 nitrogen and oxygen atoms in total. The third-order valence-corrected chi connectivity index (χ3v) is 2.59. The summed E-state index contributed by atoms with van der Waals surface area (Å²) in [4.78, 5) is 0. The van der Waals surface area contributed by atoms with E-state index in [1.807, 2.05) is 7.05 Å². The first kappa shape index (κ1) is 8.97. The van der Waals surface area contributed by atoms with Gasteiger partial charge in [-0.2, -0.15) is 0 Å². The molecule has 0 bridgehead atoms. The first-order valence-electron chi connectivity index (χ1n) is 4.15. The molecule has 1 aliphatic heterocycles. The van der Waals surface area contributed by atoms with Gasteiger partial charge in [0.1, 0.15) is 0 Å². The number of rotatable bonds is 4. The van der Waals surface area contributed by atoms with E-state index in [1.165, 1.54) is 0 Å². The van der Waals surface area contributed by atoms with Crippen molar-refractivity contribution < 1.29 is 9.84 Å². The number of aliphatic hydroxyl groups excluding tert-OH is 1. The van der Waals surface area contributed by atoms with E-state index in [0.29, 0.717) is 19.3 Å². The average Bonchev–Trinajstić information content (AvgIpc) is 1.96. The summed E-state index contributed by atoms with van der Waals surface area (Å²) in [5, 5.41) is 12.4. The van der Waals surface area contributed by atoms with Crippen molar-refractivity contribution >= 4 is 0 Å². The Labute approximate surface area is 67.7 Å². The van der Waals surface area contributed by atoms with Gasteiger partial charge in [-0.1, -0.05) is 6.92 Å². The molecule has 1 atom stereocenters. The van der Waals surface area contributed by atoms with Gasteiger partial charge >= 0.3 is 0 Å². The maximum Gasteiger partial charge on any atom is 0.0582 e. The third-order valence-electron chi connectivity index (χ3n) is 2.59. The van der Waals surface area contributed by atoms with Gasteiger partial charge in [0.2, 0.25) is 0 Å². The fourth-order valence-corrected chi connectivity index (χ4v) is 1.71. The summed E-state index contributed by atoms with van der Waals surface area (Å²) in [6, 6.07) is 0.390. The van der Waals surface area contributed by atoms with E-state index in [-0.39, 0.29) is 12.0 Å². The summed E-state index contributed by atoms with van der Waals surface area (Å²) in [7, 11) is 1.93. The van der Waals surface area contributed by atoms with Crippen LogP contribution in [-0.2, 0) is 4.74 Å². The highest BCUT2D eigenvalue weighted by Crippen LogP contribution is 2.32. The standard InChI is InChI=1S/C8H17NO2/c1-3-7(9-2)8(4-10)5-11-6-8/h7,9-10H,3-6H2,1-2H3. The van der Waals surface area contributed by atoms with Crippen molar-refractivity contribution in [2.45, 2.75) is 19.4 Å². The molecule has 0 radical (unpaired) electrons. The van der Waals surface area contributed by atoms with E-state index < -0.39 is 0 Å². The van der Waals surface area contributed by atoms with Gasteiger partial charge in [0.25, 0.3) is 0 Å². The molecule has 0 spiro atoms. The molecule has 66 valence electrons. The van der Waals surface area contributed by atoms with E-state index >= 15 is 0 Å². The number of ether oxygens (including phenoxy) is 1. The molecule has 1 aliphatic rings. The zero-order chi connectivity index (χ0) is 8.32. The quantitative estimate of drug-likeness (QED) is 0.606. The van der Waals surface area contributed by atoms with Crippen molar-refractivity contribution in [3.63, 3.8) is 0 Å². The SMILES string of the molecule is CCC(NC)C1(CO)COC1. The second-order valence-electron chi connectivity index (χ2n) is 3.26. The van der Waals surface area contributed by atoms with Crippen molar-refractivity contribution in [3.8, 4) is 0 Å². The van der Waals surface area contributed by atoms with E-state index in [2.05, 4.69) is 12.2 Å². The van der Waals surface area contributed by atoms with Crippen molar-refractivity contribution in [2.75, 3.05) is 26.9 Å². The van der Waals surface area contributed by atoms with E-state index in [4.69, 9.17) is 9.84 Å². The van der Waals surface area contributed by atoms with Crippen LogP contribution in [0.15, 0.2) is 0 Å². The minimum atomic E-state index is 0.00347. The molecule has 0 aromatic rings. The maximum absolute atomic E-state index is 9.15. The van der Waals surface area contributed by atoms with Crippen LogP contribution in [0.25, 0.3) is 0 Å². The largest absolute Gasteiger partial charge is 0.396 e. The van der Waals surface area contributed by atoms with Crippen LogP contribution in [-0.4, -0.2) is 38.0 Å². The minimum absolute atomic E-state index is 0.00347. The van der Waals surface area contributed by atoms with Gasteiger partial charge in [-0.05, 0) is 13.5 Å². The van der Waals surface area contributed by atoms with Crippen LogP contribution < -0.4 is 5.32 Å². The Morgan fingerprint density at radius 3 is 2.36 bits per heavy atom. The highest BCUT2D eigenvalue weighted by molar-refractivity contribution is 4.94. The molecule has 0 aromatic heterocycles. The van der Waals surface area contributed by atoms with Crippen LogP contribution >= 0.6 is 0 Å². The fourth-order valence-electron chi connectivity index (χ4n) is 1.71. The highest BCUT2D eigenvalue weighted by atomic mass is 16.5. The number of hydrogen-bond donors (Lipinski definition) is 2. The molecule has 1 heterocycles. The summed E-state index contributed by atoms with van der Waals surface area (Å²) in [6.45, 7) is 3.74. The Bertz CT molecular complexity index is 114. The van der Waals surface area contributed by atoms with Gasteiger partial charge < -0.3 is 15.2 Å². The van der Waals surface area contributed by atoms with Gasteiger partial charge in [-0.15, -0.1) is 0 Å². The van der Waals surface area contributed by atoms with Crippen LogP contribution in [0.2, 0.25) is 0 Å². The summed E-state index contributed by atoms with van der Waals surface area (Å²) in [5.74, 6) is 0. The zero-order valence-corrected chi connectivity index (χ0v) is 7.26. The Morgan fingerprint density at radius 2 is 2.27 bits per heavy atom. The minimum Gasteiger partial charge on any atom is -0.396 e. The molecular formula is C8H17NO2. The van der Waals surface area contributed by atoms with Crippen molar-refractivity contribution in [2.24, 2.45) is 5.41 Å². The first-order valence-corrected chi connectivity index (χ1v) is 4.15.